The molecule has 1 aromatic carbocycles. The number of ether oxygens (including phenoxy) is 4. The molecule has 2 amide bonds. The number of urea groups is 1. The molecule has 0 aromatic heterocycles. The van der Waals surface area contributed by atoms with Crippen LogP contribution < -0.4 is 24.8 Å². The smallest absolute Gasteiger partial charge is 0.338 e. The van der Waals surface area contributed by atoms with Crippen molar-refractivity contribution in [1.82, 2.24) is 20.4 Å². The van der Waals surface area contributed by atoms with Gasteiger partial charge in [0.1, 0.15) is 0 Å². The molecule has 10 nitrogen and oxygen atoms in total. The second-order valence-electron chi connectivity index (χ2n) is 9.71. The predicted molar refractivity (Wildman–Crippen MR) is 139 cm³/mol. The highest BCUT2D eigenvalue weighted by Gasteiger charge is 2.36. The number of methoxy groups -OCH3 is 3. The van der Waals surface area contributed by atoms with Gasteiger partial charge in [-0.15, -0.1) is 0 Å². The molecule has 10 heteroatoms. The Kier molecular flexibility index (Phi) is 9.15. The van der Waals surface area contributed by atoms with Crippen molar-refractivity contribution in [3.05, 3.63) is 29.0 Å². The zero-order chi connectivity index (χ0) is 26.4. The average Bonchev–Trinajstić information content (AvgIpc) is 2.92. The maximum atomic E-state index is 13.2. The molecule has 1 aromatic rings. The standard InChI is InChI=1S/C27H40N4O6/c1-5-37-26(32)23-20(17-30-11-13-31(14-12-30)19-9-7-6-8-10-19)28-27(33)29-24(23)18-15-21(34-2)25(36-4)22(16-18)35-3/h15-16,19,24H,5-14,17H2,1-4H3,(H2,28,29,33)/t24-/m1/s1. The van der Waals surface area contributed by atoms with E-state index < -0.39 is 12.0 Å². The minimum atomic E-state index is -0.736. The van der Waals surface area contributed by atoms with Gasteiger partial charge in [-0.25, -0.2) is 9.59 Å². The Morgan fingerprint density at radius 2 is 1.62 bits per heavy atom. The number of hydrogen-bond acceptors (Lipinski definition) is 8. The van der Waals surface area contributed by atoms with Crippen LogP contribution in [0, 0.1) is 0 Å². The third-order valence-electron chi connectivity index (χ3n) is 7.55. The maximum absolute atomic E-state index is 13.2. The summed E-state index contributed by atoms with van der Waals surface area (Å²) in [5.74, 6) is 0.845. The van der Waals surface area contributed by atoms with Gasteiger partial charge in [-0.2, -0.15) is 0 Å². The van der Waals surface area contributed by atoms with E-state index in [1.54, 1.807) is 19.1 Å². The van der Waals surface area contributed by atoms with E-state index in [1.807, 2.05) is 0 Å². The topological polar surface area (TPSA) is 102 Å². The summed E-state index contributed by atoms with van der Waals surface area (Å²) in [6, 6.07) is 3.07. The highest BCUT2D eigenvalue weighted by Crippen LogP contribution is 2.41. The summed E-state index contributed by atoms with van der Waals surface area (Å²) in [7, 11) is 4.59. The number of esters is 1. The van der Waals surface area contributed by atoms with Gasteiger partial charge in [0.2, 0.25) is 5.75 Å². The van der Waals surface area contributed by atoms with Gasteiger partial charge in [0.25, 0.3) is 0 Å². The molecule has 4 rings (SSSR count). The Morgan fingerprint density at radius 3 is 2.19 bits per heavy atom. The number of carbonyl (C=O) groups excluding carboxylic acids is 2. The van der Waals surface area contributed by atoms with Crippen LogP contribution in [0.5, 0.6) is 17.2 Å². The lowest BCUT2D eigenvalue weighted by atomic mass is 9.93. The minimum Gasteiger partial charge on any atom is -0.493 e. The van der Waals surface area contributed by atoms with E-state index in [-0.39, 0.29) is 12.6 Å². The van der Waals surface area contributed by atoms with Crippen LogP contribution in [0.3, 0.4) is 0 Å². The molecule has 1 atom stereocenters. The van der Waals surface area contributed by atoms with E-state index in [0.29, 0.717) is 46.7 Å². The number of carbonyl (C=O) groups is 2. The van der Waals surface area contributed by atoms with Crippen LogP contribution >= 0.6 is 0 Å². The predicted octanol–water partition coefficient (Wildman–Crippen LogP) is 2.83. The van der Waals surface area contributed by atoms with Gasteiger partial charge < -0.3 is 29.6 Å². The molecule has 0 bridgehead atoms. The van der Waals surface area contributed by atoms with Gasteiger partial charge in [0.05, 0.1) is 39.6 Å². The Bertz CT molecular complexity index is 974. The van der Waals surface area contributed by atoms with Crippen LogP contribution in [0.4, 0.5) is 4.79 Å². The largest absolute Gasteiger partial charge is 0.493 e. The van der Waals surface area contributed by atoms with Crippen molar-refractivity contribution < 1.29 is 28.5 Å². The average molecular weight is 517 g/mol. The van der Waals surface area contributed by atoms with Gasteiger partial charge in [-0.05, 0) is 37.5 Å². The summed E-state index contributed by atoms with van der Waals surface area (Å²) in [5.41, 5.74) is 1.57. The molecule has 1 saturated carbocycles. The van der Waals surface area contributed by atoms with Gasteiger partial charge in [0, 0.05) is 44.5 Å². The number of benzene rings is 1. The molecule has 2 aliphatic heterocycles. The van der Waals surface area contributed by atoms with Crippen molar-refractivity contribution in [2.75, 3.05) is 60.7 Å². The van der Waals surface area contributed by atoms with E-state index in [2.05, 4.69) is 20.4 Å². The summed E-state index contributed by atoms with van der Waals surface area (Å²) in [6.45, 7) is 6.21. The van der Waals surface area contributed by atoms with Crippen LogP contribution in [0.15, 0.2) is 23.4 Å². The second-order valence-corrected chi connectivity index (χ2v) is 9.71. The molecular formula is C27H40N4O6. The van der Waals surface area contributed by atoms with Crippen molar-refractivity contribution in [1.29, 1.82) is 0 Å². The van der Waals surface area contributed by atoms with E-state index in [0.717, 1.165) is 26.2 Å². The second kappa shape index (κ2) is 12.5. The van der Waals surface area contributed by atoms with E-state index in [1.165, 1.54) is 53.4 Å². The quantitative estimate of drug-likeness (QED) is 0.483. The number of amides is 2. The van der Waals surface area contributed by atoms with Crippen molar-refractivity contribution in [2.45, 2.75) is 51.1 Å². The summed E-state index contributed by atoms with van der Waals surface area (Å²) in [5, 5.41) is 5.79. The summed E-state index contributed by atoms with van der Waals surface area (Å²) >= 11 is 0. The lowest BCUT2D eigenvalue weighted by Crippen LogP contribution is -2.53. The van der Waals surface area contributed by atoms with Crippen LogP contribution in [0.1, 0.15) is 50.6 Å². The molecule has 1 saturated heterocycles. The highest BCUT2D eigenvalue weighted by molar-refractivity contribution is 5.95. The van der Waals surface area contributed by atoms with E-state index in [9.17, 15) is 9.59 Å². The first-order chi connectivity index (χ1) is 18.0. The first kappa shape index (κ1) is 27.1. The summed E-state index contributed by atoms with van der Waals surface area (Å²) in [4.78, 5) is 30.9. The Hall–Kier alpha value is -2.98. The molecule has 37 heavy (non-hydrogen) atoms. The third-order valence-corrected chi connectivity index (χ3v) is 7.55. The fraction of sp³-hybridized carbons (Fsp3) is 0.630. The fourth-order valence-electron chi connectivity index (χ4n) is 5.67. The van der Waals surface area contributed by atoms with Crippen molar-refractivity contribution in [3.8, 4) is 17.2 Å². The minimum absolute atomic E-state index is 0.228. The first-order valence-electron chi connectivity index (χ1n) is 13.2. The van der Waals surface area contributed by atoms with Crippen LogP contribution in [0.2, 0.25) is 0 Å². The van der Waals surface area contributed by atoms with Crippen LogP contribution in [-0.2, 0) is 9.53 Å². The van der Waals surface area contributed by atoms with Crippen molar-refractivity contribution in [3.63, 3.8) is 0 Å². The zero-order valence-electron chi connectivity index (χ0n) is 22.4. The summed E-state index contributed by atoms with van der Waals surface area (Å²) in [6.07, 6.45) is 6.57. The van der Waals surface area contributed by atoms with Crippen LogP contribution in [-0.4, -0.2) is 88.5 Å². The van der Waals surface area contributed by atoms with Gasteiger partial charge >= 0.3 is 12.0 Å². The normalized spacial score (nSPS) is 21.7. The first-order valence-corrected chi connectivity index (χ1v) is 13.2. The molecule has 1 aliphatic carbocycles. The van der Waals surface area contributed by atoms with Gasteiger partial charge in [-0.1, -0.05) is 19.3 Å². The number of piperazine rings is 1. The monoisotopic (exact) mass is 516 g/mol. The van der Waals surface area contributed by atoms with Crippen molar-refractivity contribution in [2.24, 2.45) is 0 Å². The number of nitrogens with one attached hydrogen (secondary N) is 2. The lowest BCUT2D eigenvalue weighted by Gasteiger charge is -2.41. The van der Waals surface area contributed by atoms with Gasteiger partial charge in [0.15, 0.2) is 11.5 Å². The SMILES string of the molecule is CCOC(=O)C1=C(CN2CCN(C3CCCCC3)CC2)NC(=O)N[C@@H]1c1cc(OC)c(OC)c(OC)c1. The molecule has 0 spiro atoms. The fourth-order valence-corrected chi connectivity index (χ4v) is 5.67. The Morgan fingerprint density at radius 1 is 0.973 bits per heavy atom. The Balaban J connectivity index is 1.61. The summed E-state index contributed by atoms with van der Waals surface area (Å²) < 4.78 is 21.9. The highest BCUT2D eigenvalue weighted by atomic mass is 16.5. The third kappa shape index (κ3) is 6.13. The van der Waals surface area contributed by atoms with E-state index >= 15 is 0 Å². The number of nitrogens with zero attached hydrogens (tertiary/aromatic N) is 2. The molecule has 204 valence electrons. The van der Waals surface area contributed by atoms with E-state index in [4.69, 9.17) is 18.9 Å². The molecular weight excluding hydrogens is 476 g/mol. The van der Waals surface area contributed by atoms with Crippen LogP contribution in [0.25, 0.3) is 0 Å². The lowest BCUT2D eigenvalue weighted by molar-refractivity contribution is -0.139. The van der Waals surface area contributed by atoms with Gasteiger partial charge in [-0.3, -0.25) is 9.80 Å². The number of hydrogen-bond donors (Lipinski definition) is 2. The molecule has 2 heterocycles. The molecule has 3 aliphatic rings. The molecule has 2 N–H and O–H groups in total. The molecule has 2 fully saturated rings. The molecule has 0 radical (unpaired) electrons. The maximum Gasteiger partial charge on any atom is 0.338 e. The number of rotatable bonds is 9. The Labute approximate surface area is 219 Å². The molecule has 0 unspecified atom stereocenters. The zero-order valence-corrected chi connectivity index (χ0v) is 22.4. The van der Waals surface area contributed by atoms with Crippen molar-refractivity contribution >= 4 is 12.0 Å².